The molecule has 0 saturated heterocycles. The van der Waals surface area contributed by atoms with Crippen molar-refractivity contribution in [2.75, 3.05) is 21.3 Å². The van der Waals surface area contributed by atoms with Crippen LogP contribution < -0.4 is 20.1 Å². The predicted molar refractivity (Wildman–Crippen MR) is 81.5 cm³/mol. The second-order valence-electron chi connectivity index (χ2n) is 4.37. The van der Waals surface area contributed by atoms with E-state index in [-0.39, 0.29) is 11.8 Å². The summed E-state index contributed by atoms with van der Waals surface area (Å²) in [6.45, 7) is 1.73. The molecule has 9 heteroatoms. The van der Waals surface area contributed by atoms with Crippen LogP contribution >= 0.6 is 12.2 Å². The van der Waals surface area contributed by atoms with Crippen molar-refractivity contribution in [1.29, 1.82) is 0 Å². The molecule has 0 spiro atoms. The first kappa shape index (κ1) is 16.0. The number of carbonyl (C=O) groups is 1. The number of thiocarbonyl (C=S) groups is 1. The number of nitrogens with one attached hydrogen (secondary N) is 2. The summed E-state index contributed by atoms with van der Waals surface area (Å²) in [7, 11) is 4.25. The van der Waals surface area contributed by atoms with Crippen molar-refractivity contribution in [1.82, 2.24) is 20.6 Å². The summed E-state index contributed by atoms with van der Waals surface area (Å²) in [6, 6.07) is -0.646. The van der Waals surface area contributed by atoms with Crippen LogP contribution in [0.25, 0.3) is 0 Å². The molecule has 0 bridgehead atoms. The van der Waals surface area contributed by atoms with E-state index < -0.39 is 12.0 Å². The zero-order valence-electron chi connectivity index (χ0n) is 12.6. The van der Waals surface area contributed by atoms with Crippen molar-refractivity contribution in [3.63, 3.8) is 0 Å². The normalized spacial score (nSPS) is 17.5. The van der Waals surface area contributed by atoms with Crippen LogP contribution in [0, 0.1) is 0 Å². The minimum absolute atomic E-state index is 0.281. The van der Waals surface area contributed by atoms with Gasteiger partial charge in [-0.3, -0.25) is 0 Å². The molecule has 1 aromatic heterocycles. The molecule has 0 aromatic carbocycles. The summed E-state index contributed by atoms with van der Waals surface area (Å²) in [5, 5.41) is 6.26. The third-order valence-corrected chi connectivity index (χ3v) is 3.38. The maximum atomic E-state index is 12.1. The fourth-order valence-corrected chi connectivity index (χ4v) is 2.50. The molecule has 1 aliphatic heterocycles. The van der Waals surface area contributed by atoms with Gasteiger partial charge in [-0.05, 0) is 19.1 Å². The summed E-state index contributed by atoms with van der Waals surface area (Å²) in [4.78, 5) is 20.3. The minimum atomic E-state index is -0.646. The summed E-state index contributed by atoms with van der Waals surface area (Å²) in [5.41, 5.74) is 1.40. The third kappa shape index (κ3) is 2.80. The van der Waals surface area contributed by atoms with Gasteiger partial charge in [-0.15, -0.1) is 0 Å². The maximum absolute atomic E-state index is 12.1. The second kappa shape index (κ2) is 6.56. The predicted octanol–water partition coefficient (Wildman–Crippen LogP) is 0.460. The lowest BCUT2D eigenvalue weighted by molar-refractivity contribution is -0.136. The van der Waals surface area contributed by atoms with Crippen molar-refractivity contribution >= 4 is 23.3 Å². The largest absolute Gasteiger partial charge is 0.481 e. The molecule has 2 rings (SSSR count). The average molecular weight is 324 g/mol. The summed E-state index contributed by atoms with van der Waals surface area (Å²) >= 11 is 5.16. The molecule has 8 nitrogen and oxygen atoms in total. The van der Waals surface area contributed by atoms with Crippen LogP contribution in [0.15, 0.2) is 17.6 Å². The van der Waals surface area contributed by atoms with Crippen molar-refractivity contribution in [2.24, 2.45) is 0 Å². The lowest BCUT2D eigenvalue weighted by Gasteiger charge is -2.30. The quantitative estimate of drug-likeness (QED) is 0.605. The number of ether oxygens (including phenoxy) is 3. The fraction of sp³-hybridized carbons (Fsp3) is 0.385. The number of carbonyl (C=O) groups excluding carboxylic acids is 1. The van der Waals surface area contributed by atoms with E-state index in [2.05, 4.69) is 20.6 Å². The number of esters is 1. The highest BCUT2D eigenvalue weighted by molar-refractivity contribution is 7.80. The molecule has 2 N–H and O–H groups in total. The van der Waals surface area contributed by atoms with Crippen LogP contribution in [-0.4, -0.2) is 42.4 Å². The zero-order valence-corrected chi connectivity index (χ0v) is 13.4. The lowest BCUT2D eigenvalue weighted by Crippen LogP contribution is -2.45. The molecule has 1 aromatic rings. The number of nitrogens with zero attached hydrogens (tertiary/aromatic N) is 2. The van der Waals surface area contributed by atoms with E-state index in [9.17, 15) is 4.79 Å². The van der Waals surface area contributed by atoms with Gasteiger partial charge in [0, 0.05) is 5.70 Å². The average Bonchev–Trinajstić information content (AvgIpc) is 2.52. The van der Waals surface area contributed by atoms with Gasteiger partial charge in [-0.1, -0.05) is 0 Å². The Labute approximate surface area is 132 Å². The second-order valence-corrected chi connectivity index (χ2v) is 4.78. The number of allylic oxidation sites excluding steroid dienone is 1. The molecular formula is C13H16N4O4S. The molecule has 0 saturated carbocycles. The van der Waals surface area contributed by atoms with Crippen LogP contribution in [0.3, 0.4) is 0 Å². The third-order valence-electron chi connectivity index (χ3n) is 3.16. The van der Waals surface area contributed by atoms with Gasteiger partial charge < -0.3 is 24.8 Å². The SMILES string of the molecule is COC(=O)C1=C(C)NC(=S)NC1c1c(OC)ncnc1OC. The topological polar surface area (TPSA) is 94.6 Å². The van der Waals surface area contributed by atoms with Crippen LogP contribution in [0.5, 0.6) is 11.8 Å². The molecule has 0 radical (unpaired) electrons. The van der Waals surface area contributed by atoms with E-state index in [1.807, 2.05) is 0 Å². The Kier molecular flexibility index (Phi) is 4.76. The minimum Gasteiger partial charge on any atom is -0.481 e. The molecular weight excluding hydrogens is 308 g/mol. The Morgan fingerprint density at radius 3 is 2.32 bits per heavy atom. The van der Waals surface area contributed by atoms with Crippen LogP contribution in [0.2, 0.25) is 0 Å². The molecule has 2 heterocycles. The molecule has 1 aliphatic rings. The van der Waals surface area contributed by atoms with E-state index in [0.717, 1.165) is 0 Å². The number of hydrogen-bond acceptors (Lipinski definition) is 7. The first-order chi connectivity index (χ1) is 10.5. The van der Waals surface area contributed by atoms with E-state index in [1.165, 1.54) is 27.7 Å². The number of hydrogen-bond donors (Lipinski definition) is 2. The molecule has 0 fully saturated rings. The van der Waals surface area contributed by atoms with Crippen LogP contribution in [-0.2, 0) is 9.53 Å². The Balaban J connectivity index is 2.65. The van der Waals surface area contributed by atoms with E-state index >= 15 is 0 Å². The molecule has 1 atom stereocenters. The van der Waals surface area contributed by atoms with Crippen molar-refractivity contribution in [3.8, 4) is 11.8 Å². The standard InChI is InChI=1S/C13H16N4O4S/c1-6-7(12(18)21-4)9(17-13(22)16-6)8-10(19-2)14-5-15-11(8)20-3/h5,9H,1-4H3,(H2,16,17,22). The van der Waals surface area contributed by atoms with Gasteiger partial charge in [0.25, 0.3) is 0 Å². The van der Waals surface area contributed by atoms with Crippen LogP contribution in [0.1, 0.15) is 18.5 Å². The Hall–Kier alpha value is -2.42. The Bertz CT molecular complexity index is 625. The highest BCUT2D eigenvalue weighted by Crippen LogP contribution is 2.37. The summed E-state index contributed by atoms with van der Waals surface area (Å²) < 4.78 is 15.4. The van der Waals surface area contributed by atoms with Gasteiger partial charge in [-0.25, -0.2) is 14.8 Å². The number of aromatic nitrogens is 2. The summed E-state index contributed by atoms with van der Waals surface area (Å²) in [5.74, 6) is 0.0597. The highest BCUT2D eigenvalue weighted by atomic mass is 32.1. The maximum Gasteiger partial charge on any atom is 0.337 e. The van der Waals surface area contributed by atoms with Crippen molar-refractivity contribution < 1.29 is 19.0 Å². The van der Waals surface area contributed by atoms with Gasteiger partial charge in [0.15, 0.2) is 5.11 Å². The van der Waals surface area contributed by atoms with Crippen molar-refractivity contribution in [2.45, 2.75) is 13.0 Å². The summed E-state index contributed by atoms with van der Waals surface area (Å²) in [6.07, 6.45) is 1.31. The first-order valence-electron chi connectivity index (χ1n) is 6.33. The fourth-order valence-electron chi connectivity index (χ4n) is 2.23. The number of rotatable bonds is 4. The lowest BCUT2D eigenvalue weighted by atomic mass is 9.97. The van der Waals surface area contributed by atoms with Gasteiger partial charge in [0.05, 0.1) is 32.9 Å². The van der Waals surface area contributed by atoms with Crippen molar-refractivity contribution in [3.05, 3.63) is 23.2 Å². The molecule has 1 unspecified atom stereocenters. The van der Waals surface area contributed by atoms with E-state index in [0.29, 0.717) is 21.9 Å². The molecule has 118 valence electrons. The molecule has 0 amide bonds. The molecule has 0 aliphatic carbocycles. The van der Waals surface area contributed by atoms with Gasteiger partial charge >= 0.3 is 5.97 Å². The monoisotopic (exact) mass is 324 g/mol. The smallest absolute Gasteiger partial charge is 0.337 e. The first-order valence-corrected chi connectivity index (χ1v) is 6.73. The van der Waals surface area contributed by atoms with Crippen LogP contribution in [0.4, 0.5) is 0 Å². The Morgan fingerprint density at radius 1 is 1.23 bits per heavy atom. The highest BCUT2D eigenvalue weighted by Gasteiger charge is 2.35. The van der Waals surface area contributed by atoms with Gasteiger partial charge in [0.1, 0.15) is 11.9 Å². The zero-order chi connectivity index (χ0) is 16.3. The van der Waals surface area contributed by atoms with E-state index in [1.54, 1.807) is 6.92 Å². The van der Waals surface area contributed by atoms with Gasteiger partial charge in [0.2, 0.25) is 11.8 Å². The van der Waals surface area contributed by atoms with E-state index in [4.69, 9.17) is 26.4 Å². The number of methoxy groups -OCH3 is 3. The molecule has 22 heavy (non-hydrogen) atoms. The Morgan fingerprint density at radius 2 is 1.82 bits per heavy atom. The van der Waals surface area contributed by atoms with Gasteiger partial charge in [-0.2, -0.15) is 0 Å².